The van der Waals surface area contributed by atoms with Gasteiger partial charge in [-0.25, -0.2) is 19.6 Å². The van der Waals surface area contributed by atoms with E-state index in [1.54, 1.807) is 17.2 Å². The van der Waals surface area contributed by atoms with Crippen molar-refractivity contribution < 1.29 is 13.2 Å². The average Bonchev–Trinajstić information content (AvgIpc) is 3.09. The highest BCUT2D eigenvalue weighted by molar-refractivity contribution is 5.87. The van der Waals surface area contributed by atoms with Crippen molar-refractivity contribution in [2.45, 2.75) is 12.6 Å². The summed E-state index contributed by atoms with van der Waals surface area (Å²) in [5.74, 6) is 1.35. The van der Waals surface area contributed by atoms with Gasteiger partial charge in [0.1, 0.15) is 18.0 Å². The molecule has 5 rings (SSSR count). The highest BCUT2D eigenvalue weighted by Crippen LogP contribution is 2.30. The van der Waals surface area contributed by atoms with Gasteiger partial charge in [-0.15, -0.1) is 0 Å². The maximum atomic E-state index is 12.8. The van der Waals surface area contributed by atoms with Gasteiger partial charge >= 0.3 is 6.18 Å². The third-order valence-electron chi connectivity index (χ3n) is 5.54. The fraction of sp³-hybridized carbons (Fsp3) is 0.273. The summed E-state index contributed by atoms with van der Waals surface area (Å²) in [4.78, 5) is 17.2. The molecule has 0 atom stereocenters. The molecule has 0 spiro atoms. The highest BCUT2D eigenvalue weighted by Gasteiger charge is 2.31. The van der Waals surface area contributed by atoms with Gasteiger partial charge < -0.3 is 9.80 Å². The summed E-state index contributed by atoms with van der Waals surface area (Å²) in [5.41, 5.74) is 0.908. The number of anilines is 2. The van der Waals surface area contributed by atoms with Crippen LogP contribution in [0.1, 0.15) is 12.0 Å². The van der Waals surface area contributed by atoms with Gasteiger partial charge in [-0.2, -0.15) is 18.3 Å². The zero-order valence-electron chi connectivity index (χ0n) is 17.1. The van der Waals surface area contributed by atoms with Crippen LogP contribution in [0, 0.1) is 0 Å². The average molecular weight is 439 g/mol. The van der Waals surface area contributed by atoms with Crippen LogP contribution in [0.15, 0.2) is 61.2 Å². The molecule has 1 aliphatic rings. The monoisotopic (exact) mass is 439 g/mol. The zero-order chi connectivity index (χ0) is 22.1. The normalized spacial score (nSPS) is 15.2. The zero-order valence-corrected chi connectivity index (χ0v) is 17.1. The summed E-state index contributed by atoms with van der Waals surface area (Å²) < 4.78 is 40.3. The van der Waals surface area contributed by atoms with E-state index in [0.717, 1.165) is 47.8 Å². The number of hydrogen-bond donors (Lipinski definition) is 0. The molecule has 1 aromatic carbocycles. The quantitative estimate of drug-likeness (QED) is 0.482. The minimum atomic E-state index is -4.39. The SMILES string of the molecule is FC(F)(F)c1ccc(N2CCCN(c3ncnc4c3cnn4-c3ccccc3)CC2)nc1. The second kappa shape index (κ2) is 8.10. The van der Waals surface area contributed by atoms with Gasteiger partial charge in [0.25, 0.3) is 0 Å². The van der Waals surface area contributed by atoms with Gasteiger partial charge in [-0.05, 0) is 30.7 Å². The maximum Gasteiger partial charge on any atom is 0.417 e. The molecule has 0 saturated carbocycles. The fourth-order valence-corrected chi connectivity index (χ4v) is 3.94. The number of benzene rings is 1. The molecule has 4 heterocycles. The Morgan fingerprint density at radius 2 is 1.56 bits per heavy atom. The number of alkyl halides is 3. The van der Waals surface area contributed by atoms with Crippen molar-refractivity contribution in [2.24, 2.45) is 0 Å². The number of hydrogen-bond acceptors (Lipinski definition) is 6. The van der Waals surface area contributed by atoms with Crippen molar-refractivity contribution in [1.29, 1.82) is 0 Å². The van der Waals surface area contributed by atoms with Gasteiger partial charge in [0.05, 0.1) is 22.8 Å². The number of fused-ring (bicyclic) bond motifs is 1. The molecule has 0 N–H and O–H groups in total. The lowest BCUT2D eigenvalue weighted by Gasteiger charge is -2.24. The first-order valence-electron chi connectivity index (χ1n) is 10.3. The van der Waals surface area contributed by atoms with E-state index >= 15 is 0 Å². The minimum Gasteiger partial charge on any atom is -0.355 e. The van der Waals surface area contributed by atoms with E-state index in [9.17, 15) is 13.2 Å². The number of nitrogens with zero attached hydrogens (tertiary/aromatic N) is 7. The van der Waals surface area contributed by atoms with Crippen molar-refractivity contribution in [1.82, 2.24) is 24.7 Å². The van der Waals surface area contributed by atoms with Crippen LogP contribution >= 0.6 is 0 Å². The Labute approximate surface area is 182 Å². The Hall–Kier alpha value is -3.69. The first kappa shape index (κ1) is 20.2. The number of rotatable bonds is 3. The summed E-state index contributed by atoms with van der Waals surface area (Å²) in [6.07, 6.45) is 0.644. The topological polar surface area (TPSA) is 63.0 Å². The summed E-state index contributed by atoms with van der Waals surface area (Å²) >= 11 is 0. The van der Waals surface area contributed by atoms with E-state index < -0.39 is 11.7 Å². The molecule has 0 unspecified atom stereocenters. The molecule has 32 heavy (non-hydrogen) atoms. The first-order chi connectivity index (χ1) is 15.5. The molecule has 0 bridgehead atoms. The van der Waals surface area contributed by atoms with Crippen molar-refractivity contribution >= 4 is 22.7 Å². The molecular weight excluding hydrogens is 419 g/mol. The second-order valence-electron chi connectivity index (χ2n) is 7.56. The Kier molecular flexibility index (Phi) is 5.12. The highest BCUT2D eigenvalue weighted by atomic mass is 19.4. The predicted molar refractivity (Wildman–Crippen MR) is 115 cm³/mol. The lowest BCUT2D eigenvalue weighted by Crippen LogP contribution is -2.31. The van der Waals surface area contributed by atoms with Crippen LogP contribution in [-0.2, 0) is 6.18 Å². The van der Waals surface area contributed by atoms with Crippen LogP contribution in [0.25, 0.3) is 16.7 Å². The fourth-order valence-electron chi connectivity index (χ4n) is 3.94. The van der Waals surface area contributed by atoms with Crippen LogP contribution in [0.4, 0.5) is 24.8 Å². The largest absolute Gasteiger partial charge is 0.417 e. The molecule has 1 aliphatic heterocycles. The maximum absolute atomic E-state index is 12.8. The lowest BCUT2D eigenvalue weighted by atomic mass is 10.2. The van der Waals surface area contributed by atoms with E-state index in [1.165, 1.54) is 6.07 Å². The van der Waals surface area contributed by atoms with Crippen LogP contribution in [-0.4, -0.2) is 50.9 Å². The summed E-state index contributed by atoms with van der Waals surface area (Å²) in [6.45, 7) is 2.74. The Morgan fingerprint density at radius 1 is 0.781 bits per heavy atom. The van der Waals surface area contributed by atoms with Gasteiger partial charge in [0, 0.05) is 32.4 Å². The molecule has 7 nitrogen and oxygen atoms in total. The van der Waals surface area contributed by atoms with Crippen molar-refractivity contribution in [2.75, 3.05) is 36.0 Å². The van der Waals surface area contributed by atoms with Gasteiger partial charge in [-0.3, -0.25) is 0 Å². The van der Waals surface area contributed by atoms with Crippen molar-refractivity contribution in [3.8, 4) is 5.69 Å². The standard InChI is InChI=1S/C22H20F3N7/c23-22(24,25)16-7-8-19(26-13-16)30-9-4-10-31(12-11-30)20-18-14-29-32(21(18)28-15-27-20)17-5-2-1-3-6-17/h1-3,5-8,13-15H,4,9-12H2. The van der Waals surface area contributed by atoms with E-state index in [1.807, 2.05) is 35.2 Å². The Balaban J connectivity index is 1.37. The number of halogens is 3. The number of para-hydroxylation sites is 1. The molecule has 0 aliphatic carbocycles. The van der Waals surface area contributed by atoms with Crippen LogP contribution < -0.4 is 9.80 Å². The first-order valence-corrected chi connectivity index (χ1v) is 10.3. The van der Waals surface area contributed by atoms with Crippen LogP contribution in [0.3, 0.4) is 0 Å². The summed E-state index contributed by atoms with van der Waals surface area (Å²) in [5, 5.41) is 5.37. The van der Waals surface area contributed by atoms with Gasteiger partial charge in [0.2, 0.25) is 0 Å². The Morgan fingerprint density at radius 3 is 2.31 bits per heavy atom. The second-order valence-corrected chi connectivity index (χ2v) is 7.56. The number of pyridine rings is 1. The van der Waals surface area contributed by atoms with E-state index in [-0.39, 0.29) is 0 Å². The van der Waals surface area contributed by atoms with Crippen molar-refractivity contribution in [3.63, 3.8) is 0 Å². The smallest absolute Gasteiger partial charge is 0.355 e. The minimum absolute atomic E-state index is 0.546. The number of aromatic nitrogens is 5. The van der Waals surface area contributed by atoms with Crippen LogP contribution in [0.2, 0.25) is 0 Å². The van der Waals surface area contributed by atoms with Gasteiger partial charge in [-0.1, -0.05) is 18.2 Å². The van der Waals surface area contributed by atoms with E-state index in [4.69, 9.17) is 0 Å². The molecule has 10 heteroatoms. The molecule has 4 aromatic rings. The molecule has 0 radical (unpaired) electrons. The van der Waals surface area contributed by atoms with E-state index in [0.29, 0.717) is 25.5 Å². The molecule has 164 valence electrons. The molecule has 3 aromatic heterocycles. The molecule has 0 amide bonds. The van der Waals surface area contributed by atoms with Crippen LogP contribution in [0.5, 0.6) is 0 Å². The summed E-state index contributed by atoms with van der Waals surface area (Å²) in [7, 11) is 0. The van der Waals surface area contributed by atoms with Crippen molar-refractivity contribution in [3.05, 3.63) is 66.7 Å². The third kappa shape index (κ3) is 3.83. The predicted octanol–water partition coefficient (Wildman–Crippen LogP) is 3.95. The van der Waals surface area contributed by atoms with E-state index in [2.05, 4.69) is 25.0 Å². The summed E-state index contributed by atoms with van der Waals surface area (Å²) in [6, 6.07) is 12.3. The van der Waals surface area contributed by atoms with Gasteiger partial charge in [0.15, 0.2) is 5.65 Å². The Bertz CT molecular complexity index is 1210. The lowest BCUT2D eigenvalue weighted by molar-refractivity contribution is -0.137. The molecular formula is C22H20F3N7. The molecule has 1 fully saturated rings. The third-order valence-corrected chi connectivity index (χ3v) is 5.54. The molecule has 1 saturated heterocycles.